The standard InChI is InChI=1S/C18H20BrFN2O2.ClH/c1-12(21-2)11-22-18(23)17(13-6-4-3-5-7-13)24-16-9-8-14(19)10-15(16)20;/h3-10,12,17,21H,11H2,1-2H3,(H,22,23);1H. The maximum atomic E-state index is 14.1. The van der Waals surface area contributed by atoms with Gasteiger partial charge in [-0.05, 0) is 32.2 Å². The number of nitrogens with one attached hydrogen (secondary N) is 2. The Hall–Kier alpha value is -1.63. The van der Waals surface area contributed by atoms with E-state index >= 15 is 0 Å². The summed E-state index contributed by atoms with van der Waals surface area (Å²) in [6, 6.07) is 13.6. The van der Waals surface area contributed by atoms with Gasteiger partial charge in [0.1, 0.15) is 0 Å². The van der Waals surface area contributed by atoms with Crippen LogP contribution in [0.25, 0.3) is 0 Å². The number of hydrogen-bond acceptors (Lipinski definition) is 3. The summed E-state index contributed by atoms with van der Waals surface area (Å²) in [5.74, 6) is -0.809. The van der Waals surface area contributed by atoms with Gasteiger partial charge in [0, 0.05) is 22.6 Å². The van der Waals surface area contributed by atoms with Crippen molar-refractivity contribution in [2.75, 3.05) is 13.6 Å². The van der Waals surface area contributed by atoms with Crippen LogP contribution in [0.15, 0.2) is 53.0 Å². The molecule has 2 rings (SSSR count). The molecule has 4 nitrogen and oxygen atoms in total. The normalized spacial score (nSPS) is 12.6. The number of amides is 1. The number of carbonyl (C=O) groups is 1. The van der Waals surface area contributed by atoms with Gasteiger partial charge in [-0.1, -0.05) is 46.3 Å². The first-order valence-corrected chi connectivity index (χ1v) is 8.42. The van der Waals surface area contributed by atoms with E-state index < -0.39 is 11.9 Å². The fourth-order valence-electron chi connectivity index (χ4n) is 2.05. The van der Waals surface area contributed by atoms with Crippen molar-refractivity contribution in [2.24, 2.45) is 0 Å². The minimum Gasteiger partial charge on any atom is -0.473 e. The topological polar surface area (TPSA) is 50.4 Å². The van der Waals surface area contributed by atoms with E-state index in [0.717, 1.165) is 0 Å². The van der Waals surface area contributed by atoms with Crippen LogP contribution < -0.4 is 15.4 Å². The lowest BCUT2D eigenvalue weighted by Gasteiger charge is -2.21. The summed E-state index contributed by atoms with van der Waals surface area (Å²) in [6.45, 7) is 2.40. The molecule has 7 heteroatoms. The summed E-state index contributed by atoms with van der Waals surface area (Å²) in [4.78, 5) is 12.6. The van der Waals surface area contributed by atoms with Gasteiger partial charge in [0.25, 0.3) is 5.91 Å². The molecule has 0 aliphatic rings. The van der Waals surface area contributed by atoms with Crippen molar-refractivity contribution in [3.63, 3.8) is 0 Å². The van der Waals surface area contributed by atoms with Gasteiger partial charge in [-0.25, -0.2) is 4.39 Å². The highest BCUT2D eigenvalue weighted by molar-refractivity contribution is 9.10. The summed E-state index contributed by atoms with van der Waals surface area (Å²) in [5.41, 5.74) is 0.662. The van der Waals surface area contributed by atoms with E-state index in [0.29, 0.717) is 16.6 Å². The van der Waals surface area contributed by atoms with Crippen LogP contribution in [0.2, 0.25) is 0 Å². The molecule has 0 saturated carbocycles. The monoisotopic (exact) mass is 430 g/mol. The minimum absolute atomic E-state index is 0. The first-order valence-electron chi connectivity index (χ1n) is 7.63. The molecule has 1 amide bonds. The number of carbonyl (C=O) groups excluding carboxylic acids is 1. The SMILES string of the molecule is CNC(C)CNC(=O)C(Oc1ccc(Br)cc1F)c1ccccc1.Cl. The van der Waals surface area contributed by atoms with E-state index in [9.17, 15) is 9.18 Å². The summed E-state index contributed by atoms with van der Waals surface area (Å²) < 4.78 is 20.4. The molecule has 0 aliphatic heterocycles. The fourth-order valence-corrected chi connectivity index (χ4v) is 2.38. The fraction of sp³-hybridized carbons (Fsp3) is 0.278. The van der Waals surface area contributed by atoms with Crippen LogP contribution in [0.5, 0.6) is 5.75 Å². The zero-order chi connectivity index (χ0) is 17.5. The maximum Gasteiger partial charge on any atom is 0.265 e. The summed E-state index contributed by atoms with van der Waals surface area (Å²) in [5, 5.41) is 5.87. The van der Waals surface area contributed by atoms with Gasteiger partial charge in [0.15, 0.2) is 11.6 Å². The van der Waals surface area contributed by atoms with Crippen molar-refractivity contribution in [3.8, 4) is 5.75 Å². The van der Waals surface area contributed by atoms with E-state index in [1.807, 2.05) is 32.2 Å². The molecule has 2 atom stereocenters. The second-order valence-electron chi connectivity index (χ2n) is 5.42. The number of ether oxygens (including phenoxy) is 1. The number of benzene rings is 2. The average Bonchev–Trinajstić information content (AvgIpc) is 2.59. The van der Waals surface area contributed by atoms with Gasteiger partial charge >= 0.3 is 0 Å². The van der Waals surface area contributed by atoms with E-state index in [1.165, 1.54) is 12.1 Å². The van der Waals surface area contributed by atoms with Crippen molar-refractivity contribution in [1.29, 1.82) is 0 Å². The molecule has 2 aromatic rings. The van der Waals surface area contributed by atoms with E-state index in [1.54, 1.807) is 18.2 Å². The van der Waals surface area contributed by atoms with Crippen LogP contribution in [0.4, 0.5) is 4.39 Å². The molecule has 0 spiro atoms. The Morgan fingerprint density at radius 2 is 1.92 bits per heavy atom. The Labute approximate surface area is 161 Å². The molecule has 0 aromatic heterocycles. The minimum atomic E-state index is -0.925. The van der Waals surface area contributed by atoms with Crippen molar-refractivity contribution < 1.29 is 13.9 Å². The summed E-state index contributed by atoms with van der Waals surface area (Å²) in [7, 11) is 1.82. The van der Waals surface area contributed by atoms with E-state index in [4.69, 9.17) is 4.74 Å². The van der Waals surface area contributed by atoms with Gasteiger partial charge in [-0.15, -0.1) is 12.4 Å². The van der Waals surface area contributed by atoms with Crippen LogP contribution in [0.3, 0.4) is 0 Å². The first-order chi connectivity index (χ1) is 11.5. The van der Waals surface area contributed by atoms with Crippen LogP contribution in [-0.2, 0) is 4.79 Å². The zero-order valence-electron chi connectivity index (χ0n) is 14.0. The molecule has 25 heavy (non-hydrogen) atoms. The van der Waals surface area contributed by atoms with E-state index in [-0.39, 0.29) is 30.1 Å². The molecule has 0 heterocycles. The van der Waals surface area contributed by atoms with Crippen molar-refractivity contribution >= 4 is 34.2 Å². The Balaban J connectivity index is 0.00000312. The molecule has 0 radical (unpaired) electrons. The molecule has 0 aliphatic carbocycles. The molecule has 0 fully saturated rings. The van der Waals surface area contributed by atoms with Crippen molar-refractivity contribution in [1.82, 2.24) is 10.6 Å². The lowest BCUT2D eigenvalue weighted by molar-refractivity contribution is -0.128. The maximum absolute atomic E-state index is 14.1. The summed E-state index contributed by atoms with van der Waals surface area (Å²) >= 11 is 3.20. The van der Waals surface area contributed by atoms with Crippen LogP contribution >= 0.6 is 28.3 Å². The Morgan fingerprint density at radius 1 is 1.24 bits per heavy atom. The smallest absolute Gasteiger partial charge is 0.265 e. The average molecular weight is 432 g/mol. The second-order valence-corrected chi connectivity index (χ2v) is 6.33. The van der Waals surface area contributed by atoms with Gasteiger partial charge in [-0.2, -0.15) is 0 Å². The third kappa shape index (κ3) is 6.30. The van der Waals surface area contributed by atoms with Crippen LogP contribution in [-0.4, -0.2) is 25.5 Å². The number of hydrogen-bond donors (Lipinski definition) is 2. The molecule has 2 unspecified atom stereocenters. The van der Waals surface area contributed by atoms with Crippen LogP contribution in [0, 0.1) is 5.82 Å². The highest BCUT2D eigenvalue weighted by Crippen LogP contribution is 2.27. The second kappa shape index (κ2) is 10.4. The van der Waals surface area contributed by atoms with Crippen molar-refractivity contribution in [2.45, 2.75) is 19.1 Å². The predicted molar refractivity (Wildman–Crippen MR) is 103 cm³/mol. The Kier molecular flexibility index (Phi) is 8.89. The van der Waals surface area contributed by atoms with Crippen LogP contribution in [0.1, 0.15) is 18.6 Å². The molecule has 0 bridgehead atoms. The molecule has 2 N–H and O–H groups in total. The predicted octanol–water partition coefficient (Wildman–Crippen LogP) is 3.85. The first kappa shape index (κ1) is 21.4. The summed E-state index contributed by atoms with van der Waals surface area (Å²) in [6.07, 6.45) is -0.925. The highest BCUT2D eigenvalue weighted by atomic mass is 79.9. The molecular formula is C18H21BrClFN2O2. The molecule has 0 saturated heterocycles. The molecule has 2 aromatic carbocycles. The van der Waals surface area contributed by atoms with E-state index in [2.05, 4.69) is 26.6 Å². The third-order valence-corrected chi connectivity index (χ3v) is 4.05. The van der Waals surface area contributed by atoms with Crippen molar-refractivity contribution in [3.05, 3.63) is 64.4 Å². The number of likely N-dealkylation sites (N-methyl/N-ethyl adjacent to an activating group) is 1. The van der Waals surface area contributed by atoms with Gasteiger partial charge in [0.05, 0.1) is 0 Å². The highest BCUT2D eigenvalue weighted by Gasteiger charge is 2.24. The zero-order valence-corrected chi connectivity index (χ0v) is 16.4. The Bertz CT molecular complexity index is 688. The number of rotatable bonds is 7. The lowest BCUT2D eigenvalue weighted by Crippen LogP contribution is -2.40. The molecular weight excluding hydrogens is 411 g/mol. The largest absolute Gasteiger partial charge is 0.473 e. The number of halogens is 3. The molecule has 136 valence electrons. The Morgan fingerprint density at radius 3 is 2.52 bits per heavy atom. The van der Waals surface area contributed by atoms with Gasteiger partial charge in [-0.3, -0.25) is 4.79 Å². The van der Waals surface area contributed by atoms with Gasteiger partial charge < -0.3 is 15.4 Å². The third-order valence-electron chi connectivity index (χ3n) is 3.55. The quantitative estimate of drug-likeness (QED) is 0.700. The van der Waals surface area contributed by atoms with Gasteiger partial charge in [0.2, 0.25) is 6.10 Å². The lowest BCUT2D eigenvalue weighted by atomic mass is 10.1.